The van der Waals surface area contributed by atoms with Crippen molar-refractivity contribution in [2.24, 2.45) is 0 Å². The highest BCUT2D eigenvalue weighted by molar-refractivity contribution is 6.47. The lowest BCUT2D eigenvalue weighted by Gasteiger charge is -2.32. The smallest absolute Gasteiger partial charge is 0.403 e. The summed E-state index contributed by atoms with van der Waals surface area (Å²) in [5.41, 5.74) is 0.201. The van der Waals surface area contributed by atoms with E-state index in [0.29, 0.717) is 0 Å². The average molecular weight is 250 g/mol. The van der Waals surface area contributed by atoms with E-state index < -0.39 is 0 Å². The molecular formula is C14H20BFO2. The fourth-order valence-electron chi connectivity index (χ4n) is 2.04. The van der Waals surface area contributed by atoms with E-state index >= 15 is 0 Å². The van der Waals surface area contributed by atoms with Crippen molar-refractivity contribution in [1.29, 1.82) is 0 Å². The summed E-state index contributed by atoms with van der Waals surface area (Å²) in [4.78, 5) is 0. The molecular weight excluding hydrogens is 230 g/mol. The van der Waals surface area contributed by atoms with Crippen molar-refractivity contribution in [2.45, 2.75) is 51.6 Å². The van der Waals surface area contributed by atoms with Crippen LogP contribution in [0.2, 0.25) is 0 Å². The molecule has 0 N–H and O–H groups in total. The summed E-state index contributed by atoms with van der Waals surface area (Å²) in [6.07, 6.45) is 0. The second kappa shape index (κ2) is 4.35. The first-order valence-electron chi connectivity index (χ1n) is 6.34. The van der Waals surface area contributed by atoms with Crippen LogP contribution in [-0.4, -0.2) is 18.3 Å². The Bertz CT molecular complexity index is 429. The van der Waals surface area contributed by atoms with E-state index in [0.717, 1.165) is 5.56 Å². The Morgan fingerprint density at radius 2 is 1.67 bits per heavy atom. The Kier molecular flexibility index (Phi) is 3.28. The van der Waals surface area contributed by atoms with Gasteiger partial charge in [0.2, 0.25) is 0 Å². The Balaban J connectivity index is 2.20. The second-order valence-electron chi connectivity index (χ2n) is 5.97. The van der Waals surface area contributed by atoms with Crippen LogP contribution < -0.4 is 0 Å². The fourth-order valence-corrected chi connectivity index (χ4v) is 2.04. The molecule has 2 rings (SSSR count). The van der Waals surface area contributed by atoms with Crippen molar-refractivity contribution in [3.05, 3.63) is 35.6 Å². The van der Waals surface area contributed by atoms with Gasteiger partial charge in [-0.25, -0.2) is 4.39 Å². The molecule has 1 aromatic carbocycles. The lowest BCUT2D eigenvalue weighted by atomic mass is 9.69. The molecule has 1 unspecified atom stereocenters. The first-order chi connectivity index (χ1) is 8.23. The van der Waals surface area contributed by atoms with Gasteiger partial charge in [-0.2, -0.15) is 0 Å². The van der Waals surface area contributed by atoms with Crippen LogP contribution in [0.15, 0.2) is 24.3 Å². The van der Waals surface area contributed by atoms with Gasteiger partial charge in [-0.15, -0.1) is 0 Å². The molecule has 18 heavy (non-hydrogen) atoms. The lowest BCUT2D eigenvalue weighted by molar-refractivity contribution is 0.00578. The predicted molar refractivity (Wildman–Crippen MR) is 70.9 cm³/mol. The largest absolute Gasteiger partial charge is 0.465 e. The molecule has 1 aliphatic heterocycles. The molecule has 0 radical (unpaired) electrons. The van der Waals surface area contributed by atoms with E-state index in [4.69, 9.17) is 9.31 Å². The SMILES string of the molecule is CC(B1OC(C)(C)C(C)(C)O1)c1cccc(F)c1. The van der Waals surface area contributed by atoms with Crippen LogP contribution in [0.25, 0.3) is 0 Å². The minimum Gasteiger partial charge on any atom is -0.403 e. The number of halogens is 1. The van der Waals surface area contributed by atoms with Gasteiger partial charge >= 0.3 is 7.12 Å². The van der Waals surface area contributed by atoms with Crippen molar-refractivity contribution in [2.75, 3.05) is 0 Å². The van der Waals surface area contributed by atoms with Crippen molar-refractivity contribution in [1.82, 2.24) is 0 Å². The van der Waals surface area contributed by atoms with Crippen LogP contribution in [-0.2, 0) is 9.31 Å². The molecule has 0 spiro atoms. The van der Waals surface area contributed by atoms with Crippen LogP contribution in [0.4, 0.5) is 4.39 Å². The van der Waals surface area contributed by atoms with Gasteiger partial charge in [0.15, 0.2) is 0 Å². The summed E-state index contributed by atoms with van der Waals surface area (Å²) >= 11 is 0. The molecule has 1 aromatic rings. The topological polar surface area (TPSA) is 18.5 Å². The molecule has 4 heteroatoms. The highest BCUT2D eigenvalue weighted by atomic mass is 19.1. The van der Waals surface area contributed by atoms with Crippen LogP contribution in [0, 0.1) is 5.82 Å². The number of hydrogen-bond acceptors (Lipinski definition) is 2. The van der Waals surface area contributed by atoms with Gasteiger partial charge in [-0.05, 0) is 45.4 Å². The third-order valence-electron chi connectivity index (χ3n) is 4.05. The standard InChI is InChI=1S/C14H20BFO2/c1-10(11-7-6-8-12(16)9-11)15-17-13(2,3)14(4,5)18-15/h6-10H,1-5H3. The molecule has 0 aromatic heterocycles. The Morgan fingerprint density at radius 3 is 2.17 bits per heavy atom. The molecule has 0 amide bonds. The van der Waals surface area contributed by atoms with Gasteiger partial charge in [0.1, 0.15) is 5.82 Å². The molecule has 1 heterocycles. The second-order valence-corrected chi connectivity index (χ2v) is 5.97. The van der Waals surface area contributed by atoms with E-state index in [1.54, 1.807) is 6.07 Å². The van der Waals surface area contributed by atoms with Gasteiger partial charge < -0.3 is 9.31 Å². The molecule has 0 bridgehead atoms. The maximum Gasteiger partial charge on any atom is 0.465 e. The van der Waals surface area contributed by atoms with Crippen LogP contribution in [0.5, 0.6) is 0 Å². The normalized spacial score (nSPS) is 23.1. The van der Waals surface area contributed by atoms with Gasteiger partial charge in [-0.1, -0.05) is 19.1 Å². The number of hydrogen-bond donors (Lipinski definition) is 0. The minimum absolute atomic E-state index is 0.00162. The third kappa shape index (κ3) is 2.32. The summed E-state index contributed by atoms with van der Waals surface area (Å²) in [6.45, 7) is 10.1. The molecule has 1 aliphatic rings. The van der Waals surface area contributed by atoms with Gasteiger partial charge in [0.05, 0.1) is 11.2 Å². The Morgan fingerprint density at radius 1 is 1.11 bits per heavy atom. The first-order valence-corrected chi connectivity index (χ1v) is 6.34. The number of benzene rings is 1. The lowest BCUT2D eigenvalue weighted by Crippen LogP contribution is -2.41. The summed E-state index contributed by atoms with van der Waals surface area (Å²) in [6, 6.07) is 6.60. The van der Waals surface area contributed by atoms with E-state index in [2.05, 4.69) is 0 Å². The molecule has 1 atom stereocenters. The van der Waals surface area contributed by atoms with Crippen molar-refractivity contribution in [3.8, 4) is 0 Å². The average Bonchev–Trinajstić information content (AvgIpc) is 2.47. The fraction of sp³-hybridized carbons (Fsp3) is 0.571. The molecule has 1 saturated heterocycles. The predicted octanol–water partition coefficient (Wildman–Crippen LogP) is 3.56. The maximum absolute atomic E-state index is 13.2. The summed E-state index contributed by atoms with van der Waals surface area (Å²) in [5.74, 6) is -0.224. The molecule has 2 nitrogen and oxygen atoms in total. The third-order valence-corrected chi connectivity index (χ3v) is 4.05. The zero-order valence-electron chi connectivity index (χ0n) is 11.7. The first kappa shape index (κ1) is 13.6. The van der Waals surface area contributed by atoms with Crippen molar-refractivity contribution >= 4 is 7.12 Å². The highest BCUT2D eigenvalue weighted by Crippen LogP contribution is 2.40. The van der Waals surface area contributed by atoms with Gasteiger partial charge in [0, 0.05) is 5.82 Å². The van der Waals surface area contributed by atoms with E-state index in [9.17, 15) is 4.39 Å². The quantitative estimate of drug-likeness (QED) is 0.747. The Hall–Kier alpha value is -0.865. The van der Waals surface area contributed by atoms with E-state index in [1.165, 1.54) is 12.1 Å². The van der Waals surface area contributed by atoms with Crippen LogP contribution >= 0.6 is 0 Å². The monoisotopic (exact) mass is 250 g/mol. The van der Waals surface area contributed by atoms with E-state index in [1.807, 2.05) is 40.7 Å². The number of rotatable bonds is 2. The van der Waals surface area contributed by atoms with Crippen molar-refractivity contribution < 1.29 is 13.7 Å². The van der Waals surface area contributed by atoms with Crippen LogP contribution in [0.3, 0.4) is 0 Å². The highest BCUT2D eigenvalue weighted by Gasteiger charge is 2.52. The zero-order chi connectivity index (χ0) is 13.6. The van der Waals surface area contributed by atoms with Gasteiger partial charge in [0.25, 0.3) is 0 Å². The van der Waals surface area contributed by atoms with Crippen molar-refractivity contribution in [3.63, 3.8) is 0 Å². The Labute approximate surface area is 109 Å². The summed E-state index contributed by atoms with van der Waals surface area (Å²) in [5, 5.41) is 0. The minimum atomic E-state index is -0.348. The maximum atomic E-state index is 13.2. The molecule has 1 fully saturated rings. The summed E-state index contributed by atoms with van der Waals surface area (Å²) in [7, 11) is -0.336. The molecule has 0 aliphatic carbocycles. The molecule has 98 valence electrons. The molecule has 0 saturated carbocycles. The van der Waals surface area contributed by atoms with E-state index in [-0.39, 0.29) is 30.0 Å². The van der Waals surface area contributed by atoms with Crippen LogP contribution in [0.1, 0.15) is 46.0 Å². The zero-order valence-corrected chi connectivity index (χ0v) is 11.7. The summed E-state index contributed by atoms with van der Waals surface area (Å²) < 4.78 is 25.2. The van der Waals surface area contributed by atoms with Gasteiger partial charge in [-0.3, -0.25) is 0 Å².